The van der Waals surface area contributed by atoms with Gasteiger partial charge in [0.25, 0.3) is 0 Å². The van der Waals surface area contributed by atoms with Crippen LogP contribution in [0.2, 0.25) is 10.3 Å². The van der Waals surface area contributed by atoms with Gasteiger partial charge in [-0.25, -0.2) is 19.7 Å². The summed E-state index contributed by atoms with van der Waals surface area (Å²) in [5, 5.41) is 4.63. The van der Waals surface area contributed by atoms with Crippen LogP contribution in [0.3, 0.4) is 0 Å². The summed E-state index contributed by atoms with van der Waals surface area (Å²) in [6.45, 7) is 6.66. The number of ether oxygens (including phenoxy) is 1. The number of hydrogen-bond donors (Lipinski definition) is 2. The van der Waals surface area contributed by atoms with Gasteiger partial charge in [-0.15, -0.1) is 0 Å². The Bertz CT molecular complexity index is 1150. The fourth-order valence-electron chi connectivity index (χ4n) is 3.29. The van der Waals surface area contributed by atoms with Gasteiger partial charge in [-0.3, -0.25) is 0 Å². The minimum Gasteiger partial charge on any atom is -0.444 e. The number of halogens is 2. The maximum Gasteiger partial charge on any atom is 0.410 e. The van der Waals surface area contributed by atoms with Crippen molar-refractivity contribution in [1.29, 1.82) is 0 Å². The fraction of sp³-hybridized carbons (Fsp3) is 0.333. The minimum atomic E-state index is -0.510. The number of amides is 1. The maximum atomic E-state index is 12.3. The van der Waals surface area contributed by atoms with Gasteiger partial charge in [0.05, 0.1) is 5.39 Å². The Morgan fingerprint density at radius 2 is 1.94 bits per heavy atom. The van der Waals surface area contributed by atoms with E-state index >= 15 is 0 Å². The summed E-state index contributed by atoms with van der Waals surface area (Å²) in [6, 6.07) is 5.34. The number of anilines is 2. The molecule has 0 aliphatic carbocycles. The fourth-order valence-corrected chi connectivity index (χ4v) is 3.75. The zero-order valence-corrected chi connectivity index (χ0v) is 18.9. The first kappa shape index (κ1) is 21.4. The largest absolute Gasteiger partial charge is 0.444 e. The Balaban J connectivity index is 1.55. The van der Waals surface area contributed by atoms with Crippen molar-refractivity contribution in [1.82, 2.24) is 24.8 Å². The highest BCUT2D eigenvalue weighted by Crippen LogP contribution is 2.30. The average molecular weight is 461 g/mol. The highest BCUT2D eigenvalue weighted by atomic mass is 35.5. The van der Waals surface area contributed by atoms with Gasteiger partial charge in [0.2, 0.25) is 0 Å². The van der Waals surface area contributed by atoms with Crippen LogP contribution in [0.25, 0.3) is 16.6 Å². The summed E-state index contributed by atoms with van der Waals surface area (Å²) < 4.78 is 5.46. The van der Waals surface area contributed by atoms with Gasteiger partial charge in [0.15, 0.2) is 0 Å². The number of fused-ring (bicyclic) bond motifs is 1. The molecular weight excluding hydrogens is 439 g/mol. The predicted molar refractivity (Wildman–Crippen MR) is 122 cm³/mol. The predicted octanol–water partition coefficient (Wildman–Crippen LogP) is 5.43. The Labute approximate surface area is 189 Å². The van der Waals surface area contributed by atoms with Gasteiger partial charge in [-0.1, -0.05) is 29.3 Å². The first-order chi connectivity index (χ1) is 14.7. The van der Waals surface area contributed by atoms with Crippen molar-refractivity contribution in [2.75, 3.05) is 18.4 Å². The molecule has 162 valence electrons. The van der Waals surface area contributed by atoms with Crippen molar-refractivity contribution in [2.45, 2.75) is 32.8 Å². The van der Waals surface area contributed by atoms with Crippen molar-refractivity contribution >= 4 is 57.4 Å². The smallest absolute Gasteiger partial charge is 0.410 e. The summed E-state index contributed by atoms with van der Waals surface area (Å²) in [6.07, 6.45) is 3.92. The molecule has 0 aromatic carbocycles. The molecule has 2 N–H and O–H groups in total. The first-order valence-electron chi connectivity index (χ1n) is 9.79. The van der Waals surface area contributed by atoms with E-state index in [1.165, 1.54) is 6.33 Å². The second kappa shape index (κ2) is 8.36. The molecule has 31 heavy (non-hydrogen) atoms. The number of carbonyl (C=O) groups excluding carboxylic acids is 1. The van der Waals surface area contributed by atoms with Crippen LogP contribution in [-0.4, -0.2) is 49.6 Å². The molecule has 0 saturated heterocycles. The van der Waals surface area contributed by atoms with Crippen LogP contribution in [0, 0.1) is 0 Å². The van der Waals surface area contributed by atoms with Crippen LogP contribution in [0.15, 0.2) is 30.6 Å². The molecule has 0 atom stereocenters. The number of aromatic amines is 1. The minimum absolute atomic E-state index is 0.289. The third-order valence-corrected chi connectivity index (χ3v) is 5.05. The van der Waals surface area contributed by atoms with Crippen molar-refractivity contribution < 1.29 is 9.53 Å². The van der Waals surface area contributed by atoms with Crippen molar-refractivity contribution in [3.63, 3.8) is 0 Å². The van der Waals surface area contributed by atoms with E-state index in [4.69, 9.17) is 27.9 Å². The van der Waals surface area contributed by atoms with E-state index in [-0.39, 0.29) is 16.4 Å². The number of rotatable bonds is 3. The molecule has 0 unspecified atom stereocenters. The van der Waals surface area contributed by atoms with Crippen LogP contribution in [0.1, 0.15) is 32.9 Å². The molecule has 1 amide bonds. The molecule has 1 aliphatic heterocycles. The van der Waals surface area contributed by atoms with Gasteiger partial charge in [0.1, 0.15) is 33.7 Å². The summed E-state index contributed by atoms with van der Waals surface area (Å²) in [5.41, 5.74) is 2.92. The van der Waals surface area contributed by atoms with E-state index in [0.717, 1.165) is 16.7 Å². The number of carbonyl (C=O) groups is 1. The molecular formula is C21H22Cl2N6O2. The van der Waals surface area contributed by atoms with Crippen LogP contribution < -0.4 is 5.32 Å². The van der Waals surface area contributed by atoms with Crippen LogP contribution >= 0.6 is 23.2 Å². The Morgan fingerprint density at radius 1 is 1.19 bits per heavy atom. The van der Waals surface area contributed by atoms with Gasteiger partial charge < -0.3 is 19.9 Å². The molecule has 4 heterocycles. The maximum absolute atomic E-state index is 12.3. The summed E-state index contributed by atoms with van der Waals surface area (Å²) in [4.78, 5) is 29.9. The van der Waals surface area contributed by atoms with E-state index in [2.05, 4.69) is 25.3 Å². The zero-order valence-electron chi connectivity index (χ0n) is 17.4. The highest BCUT2D eigenvalue weighted by Gasteiger charge is 2.24. The molecule has 3 aromatic rings. The third kappa shape index (κ3) is 5.08. The molecule has 1 aliphatic rings. The van der Waals surface area contributed by atoms with Crippen LogP contribution in [0.4, 0.5) is 16.3 Å². The number of hydrogen-bond acceptors (Lipinski definition) is 6. The van der Waals surface area contributed by atoms with Gasteiger partial charge in [-0.2, -0.15) is 0 Å². The first-order valence-corrected chi connectivity index (χ1v) is 10.5. The summed E-state index contributed by atoms with van der Waals surface area (Å²) in [5.74, 6) is 0.623. The van der Waals surface area contributed by atoms with Gasteiger partial charge in [0, 0.05) is 24.5 Å². The van der Waals surface area contributed by atoms with E-state index in [9.17, 15) is 4.79 Å². The second-order valence-corrected chi connectivity index (χ2v) is 8.97. The standard InChI is InChI=1S/C21H22Cl2N6O2/c1-21(2,3)31-20(30)29-6-4-12(5-7-29)15-10-14-18(24-11-25-19(14)27-15)26-13-8-16(22)28-17(23)9-13/h4,8-11H,5-7H2,1-3H3,(H2,24,25,26,27,28). The third-order valence-electron chi connectivity index (χ3n) is 4.66. The molecule has 0 bridgehead atoms. The Kier molecular flexibility index (Phi) is 5.77. The van der Waals surface area contributed by atoms with E-state index in [1.807, 2.05) is 32.9 Å². The lowest BCUT2D eigenvalue weighted by molar-refractivity contribution is 0.0270. The number of aromatic nitrogens is 4. The van der Waals surface area contributed by atoms with Crippen LogP contribution in [0.5, 0.6) is 0 Å². The summed E-state index contributed by atoms with van der Waals surface area (Å²) in [7, 11) is 0. The molecule has 0 saturated carbocycles. The van der Waals surface area contributed by atoms with Gasteiger partial charge >= 0.3 is 6.09 Å². The quantitative estimate of drug-likeness (QED) is 0.505. The molecule has 0 fully saturated rings. The lowest BCUT2D eigenvalue weighted by atomic mass is 10.1. The molecule has 0 spiro atoms. The Hall–Kier alpha value is -2.84. The van der Waals surface area contributed by atoms with Crippen molar-refractivity contribution in [2.24, 2.45) is 0 Å². The van der Waals surface area contributed by atoms with Crippen molar-refractivity contribution in [3.8, 4) is 0 Å². The Morgan fingerprint density at radius 3 is 2.58 bits per heavy atom. The molecule has 3 aromatic heterocycles. The second-order valence-electron chi connectivity index (χ2n) is 8.20. The SMILES string of the molecule is CC(C)(C)OC(=O)N1CC=C(c2cc3c(Nc4cc(Cl)nc(Cl)c4)ncnc3[nH]2)CC1. The number of H-pyrrole nitrogens is 1. The normalized spacial score (nSPS) is 14.5. The highest BCUT2D eigenvalue weighted by molar-refractivity contribution is 6.32. The average Bonchev–Trinajstić information content (AvgIpc) is 3.11. The molecule has 8 nitrogen and oxygen atoms in total. The number of nitrogens with one attached hydrogen (secondary N) is 2. The van der Waals surface area contributed by atoms with Crippen molar-refractivity contribution in [3.05, 3.63) is 46.6 Å². The van der Waals surface area contributed by atoms with E-state index in [0.29, 0.717) is 36.7 Å². The summed E-state index contributed by atoms with van der Waals surface area (Å²) >= 11 is 12.0. The monoisotopic (exact) mass is 460 g/mol. The molecule has 10 heteroatoms. The zero-order chi connectivity index (χ0) is 22.2. The number of nitrogens with zero attached hydrogens (tertiary/aromatic N) is 4. The molecule has 4 rings (SSSR count). The van der Waals surface area contributed by atoms with Crippen LogP contribution in [-0.2, 0) is 4.74 Å². The lowest BCUT2D eigenvalue weighted by Crippen LogP contribution is -2.39. The number of pyridine rings is 1. The lowest BCUT2D eigenvalue weighted by Gasteiger charge is -2.29. The topological polar surface area (TPSA) is 96.0 Å². The molecule has 0 radical (unpaired) electrons. The van der Waals surface area contributed by atoms with E-state index < -0.39 is 5.60 Å². The van der Waals surface area contributed by atoms with Gasteiger partial charge in [-0.05, 0) is 51.0 Å². The van der Waals surface area contributed by atoms with E-state index in [1.54, 1.807) is 17.0 Å².